The molecule has 1 aromatic carbocycles. The van der Waals surface area contributed by atoms with Gasteiger partial charge < -0.3 is 19.3 Å². The van der Waals surface area contributed by atoms with E-state index in [0.29, 0.717) is 12.6 Å². The topological polar surface area (TPSA) is 56.5 Å². The Labute approximate surface area is 124 Å². The molecule has 5 nitrogen and oxygen atoms in total. The van der Waals surface area contributed by atoms with Crippen molar-refractivity contribution in [3.63, 3.8) is 0 Å². The molecule has 21 heavy (non-hydrogen) atoms. The minimum absolute atomic E-state index is 0.390. The number of hydrogen-bond acceptors (Lipinski definition) is 5. The number of rotatable bonds is 7. The molecule has 0 aliphatic heterocycles. The summed E-state index contributed by atoms with van der Waals surface area (Å²) in [5.41, 5.74) is 1.92. The van der Waals surface area contributed by atoms with Gasteiger partial charge in [0.05, 0.1) is 7.11 Å². The third-order valence-electron chi connectivity index (χ3n) is 3.49. The summed E-state index contributed by atoms with van der Waals surface area (Å²) in [7, 11) is 1.65. The van der Waals surface area contributed by atoms with Crippen molar-refractivity contribution >= 4 is 0 Å². The Morgan fingerprint density at radius 2 is 2.19 bits per heavy atom. The predicted molar refractivity (Wildman–Crippen MR) is 78.4 cm³/mol. The van der Waals surface area contributed by atoms with Crippen LogP contribution in [0.2, 0.25) is 0 Å². The van der Waals surface area contributed by atoms with Crippen LogP contribution in [-0.4, -0.2) is 18.3 Å². The zero-order chi connectivity index (χ0) is 14.7. The minimum atomic E-state index is 0.390. The summed E-state index contributed by atoms with van der Waals surface area (Å²) in [6, 6.07) is 8.45. The minimum Gasteiger partial charge on any atom is -0.497 e. The average Bonchev–Trinajstić information content (AvgIpc) is 3.24. The first-order chi connectivity index (χ1) is 10.2. The highest BCUT2D eigenvalue weighted by Gasteiger charge is 2.20. The van der Waals surface area contributed by atoms with Gasteiger partial charge in [-0.2, -0.15) is 0 Å². The summed E-state index contributed by atoms with van der Waals surface area (Å²) < 4.78 is 16.2. The summed E-state index contributed by atoms with van der Waals surface area (Å²) in [6.07, 6.45) is 2.54. The Morgan fingerprint density at radius 3 is 2.86 bits per heavy atom. The maximum atomic E-state index is 5.89. The summed E-state index contributed by atoms with van der Waals surface area (Å²) in [5.74, 6) is 2.40. The Bertz CT molecular complexity index is 605. The normalized spacial score (nSPS) is 14.2. The molecule has 0 spiro atoms. The molecule has 0 bridgehead atoms. The van der Waals surface area contributed by atoms with E-state index in [4.69, 9.17) is 14.0 Å². The van der Waals surface area contributed by atoms with Crippen molar-refractivity contribution in [3.8, 4) is 11.5 Å². The fourth-order valence-electron chi connectivity index (χ4n) is 2.12. The quantitative estimate of drug-likeness (QED) is 0.849. The van der Waals surface area contributed by atoms with Gasteiger partial charge in [0.2, 0.25) is 0 Å². The van der Waals surface area contributed by atoms with Gasteiger partial charge in [-0.15, -0.1) is 0 Å². The second kappa shape index (κ2) is 6.18. The van der Waals surface area contributed by atoms with E-state index in [1.807, 2.05) is 31.2 Å². The lowest BCUT2D eigenvalue weighted by Crippen LogP contribution is -2.16. The molecule has 2 aromatic rings. The van der Waals surface area contributed by atoms with Crippen LogP contribution in [0.3, 0.4) is 0 Å². The second-order valence-corrected chi connectivity index (χ2v) is 5.35. The van der Waals surface area contributed by atoms with Crippen LogP contribution in [0.1, 0.15) is 29.9 Å². The number of ether oxygens (including phenoxy) is 2. The molecule has 1 N–H and O–H groups in total. The molecule has 1 aliphatic rings. The molecule has 1 aromatic heterocycles. The number of methoxy groups -OCH3 is 1. The van der Waals surface area contributed by atoms with Crippen LogP contribution in [0, 0.1) is 6.92 Å². The number of nitrogens with one attached hydrogen (secondary N) is 1. The highest BCUT2D eigenvalue weighted by molar-refractivity contribution is 5.41. The molecule has 0 atom stereocenters. The van der Waals surface area contributed by atoms with Crippen LogP contribution in [0.5, 0.6) is 11.5 Å². The van der Waals surface area contributed by atoms with Crippen molar-refractivity contribution < 1.29 is 14.0 Å². The highest BCUT2D eigenvalue weighted by Crippen LogP contribution is 2.27. The van der Waals surface area contributed by atoms with E-state index < -0.39 is 0 Å². The fraction of sp³-hybridized carbons (Fsp3) is 0.438. The number of nitrogens with zero attached hydrogens (tertiary/aromatic N) is 1. The monoisotopic (exact) mass is 288 g/mol. The zero-order valence-corrected chi connectivity index (χ0v) is 12.4. The van der Waals surface area contributed by atoms with Gasteiger partial charge in [-0.3, -0.25) is 0 Å². The van der Waals surface area contributed by atoms with Crippen molar-refractivity contribution in [2.45, 2.75) is 39.0 Å². The Balaban J connectivity index is 1.69. The molecule has 3 rings (SSSR count). The van der Waals surface area contributed by atoms with E-state index in [1.165, 1.54) is 12.8 Å². The van der Waals surface area contributed by atoms with Gasteiger partial charge in [0, 0.05) is 30.3 Å². The summed E-state index contributed by atoms with van der Waals surface area (Å²) >= 11 is 0. The maximum absolute atomic E-state index is 5.89. The smallest absolute Gasteiger partial charge is 0.134 e. The molecular formula is C16H20N2O3. The van der Waals surface area contributed by atoms with Crippen molar-refractivity contribution in [1.82, 2.24) is 10.5 Å². The molecule has 0 saturated heterocycles. The molecule has 1 heterocycles. The number of aromatic nitrogens is 1. The van der Waals surface area contributed by atoms with E-state index in [-0.39, 0.29) is 0 Å². The van der Waals surface area contributed by atoms with Gasteiger partial charge in [0.15, 0.2) is 0 Å². The first kappa shape index (κ1) is 13.9. The lowest BCUT2D eigenvalue weighted by Gasteiger charge is -2.12. The Hall–Kier alpha value is -2.01. The third kappa shape index (κ3) is 3.76. The summed E-state index contributed by atoms with van der Waals surface area (Å²) in [4.78, 5) is 0. The molecule has 5 heteroatoms. The Kier molecular flexibility index (Phi) is 4.10. The van der Waals surface area contributed by atoms with Gasteiger partial charge >= 0.3 is 0 Å². The van der Waals surface area contributed by atoms with Gasteiger partial charge in [0.25, 0.3) is 0 Å². The molecule has 1 aliphatic carbocycles. The van der Waals surface area contributed by atoms with Gasteiger partial charge in [0.1, 0.15) is 29.6 Å². The lowest BCUT2D eigenvalue weighted by atomic mass is 10.2. The fourth-order valence-corrected chi connectivity index (χ4v) is 2.12. The van der Waals surface area contributed by atoms with E-state index in [1.54, 1.807) is 7.11 Å². The summed E-state index contributed by atoms with van der Waals surface area (Å²) in [5, 5.41) is 7.44. The molecule has 1 fully saturated rings. The molecular weight excluding hydrogens is 268 g/mol. The van der Waals surface area contributed by atoms with Crippen LogP contribution in [-0.2, 0) is 13.2 Å². The van der Waals surface area contributed by atoms with Gasteiger partial charge in [-0.1, -0.05) is 11.2 Å². The van der Waals surface area contributed by atoms with Gasteiger partial charge in [-0.05, 0) is 25.8 Å². The van der Waals surface area contributed by atoms with E-state index in [9.17, 15) is 0 Å². The van der Waals surface area contributed by atoms with Gasteiger partial charge in [-0.25, -0.2) is 0 Å². The third-order valence-corrected chi connectivity index (χ3v) is 3.49. The van der Waals surface area contributed by atoms with Crippen molar-refractivity contribution in [2.24, 2.45) is 0 Å². The van der Waals surface area contributed by atoms with Crippen LogP contribution < -0.4 is 14.8 Å². The SMILES string of the molecule is COc1ccc(CNC2CC2)c(OCc2cc(C)on2)c1. The summed E-state index contributed by atoms with van der Waals surface area (Å²) in [6.45, 7) is 3.07. The maximum Gasteiger partial charge on any atom is 0.134 e. The molecule has 0 unspecified atom stereocenters. The van der Waals surface area contributed by atoms with Crippen LogP contribution in [0.15, 0.2) is 28.8 Å². The largest absolute Gasteiger partial charge is 0.497 e. The zero-order valence-electron chi connectivity index (χ0n) is 12.4. The van der Waals surface area contributed by atoms with E-state index in [2.05, 4.69) is 10.5 Å². The first-order valence-corrected chi connectivity index (χ1v) is 7.20. The number of hydrogen-bond donors (Lipinski definition) is 1. The van der Waals surface area contributed by atoms with E-state index >= 15 is 0 Å². The molecule has 1 saturated carbocycles. The number of benzene rings is 1. The number of aryl methyl sites for hydroxylation is 1. The van der Waals surface area contributed by atoms with Crippen LogP contribution in [0.25, 0.3) is 0 Å². The first-order valence-electron chi connectivity index (χ1n) is 7.20. The van der Waals surface area contributed by atoms with Crippen molar-refractivity contribution in [3.05, 3.63) is 41.3 Å². The Morgan fingerprint density at radius 1 is 1.33 bits per heavy atom. The molecule has 0 radical (unpaired) electrons. The van der Waals surface area contributed by atoms with Crippen LogP contribution in [0.4, 0.5) is 0 Å². The van der Waals surface area contributed by atoms with E-state index in [0.717, 1.165) is 35.1 Å². The highest BCUT2D eigenvalue weighted by atomic mass is 16.5. The second-order valence-electron chi connectivity index (χ2n) is 5.35. The lowest BCUT2D eigenvalue weighted by molar-refractivity contribution is 0.282. The molecule has 112 valence electrons. The van der Waals surface area contributed by atoms with Crippen molar-refractivity contribution in [2.75, 3.05) is 7.11 Å². The molecule has 0 amide bonds. The standard InChI is InChI=1S/C16H20N2O3/c1-11-7-14(18-21-11)10-20-16-8-15(19-2)6-3-12(16)9-17-13-4-5-13/h3,6-8,13,17H,4-5,9-10H2,1-2H3. The van der Waals surface area contributed by atoms with Crippen LogP contribution >= 0.6 is 0 Å². The average molecular weight is 288 g/mol. The predicted octanol–water partition coefficient (Wildman–Crippen LogP) is 2.82. The van der Waals surface area contributed by atoms with Crippen molar-refractivity contribution in [1.29, 1.82) is 0 Å².